The lowest BCUT2D eigenvalue weighted by atomic mass is 10.4. The molecule has 1 aromatic heterocycles. The zero-order chi connectivity index (χ0) is 11.3. The first-order valence-electron chi connectivity index (χ1n) is 4.45. The molecule has 0 saturated heterocycles. The van der Waals surface area contributed by atoms with Gasteiger partial charge >= 0.3 is 0 Å². The van der Waals surface area contributed by atoms with Crippen molar-refractivity contribution in [2.75, 3.05) is 32.2 Å². The van der Waals surface area contributed by atoms with E-state index in [1.165, 1.54) is 0 Å². The van der Waals surface area contributed by atoms with Gasteiger partial charge in [0.25, 0.3) is 0 Å². The van der Waals surface area contributed by atoms with Crippen molar-refractivity contribution in [1.82, 2.24) is 9.97 Å². The minimum absolute atomic E-state index is 0.287. The highest BCUT2D eigenvalue weighted by Gasteiger charge is 2.10. The van der Waals surface area contributed by atoms with Crippen LogP contribution >= 0.6 is 38.5 Å². The quantitative estimate of drug-likeness (QED) is 0.573. The van der Waals surface area contributed by atoms with Crippen molar-refractivity contribution in [2.24, 2.45) is 0 Å². The molecule has 1 atom stereocenters. The third-order valence-electron chi connectivity index (χ3n) is 1.77. The molecule has 0 bridgehead atoms. The smallest absolute Gasteiger partial charge is 0.225 e. The van der Waals surface area contributed by atoms with Crippen molar-refractivity contribution >= 4 is 44.5 Å². The Bertz CT molecular complexity index is 296. The molecule has 0 aliphatic heterocycles. The van der Waals surface area contributed by atoms with E-state index in [-0.39, 0.29) is 4.83 Å². The Kier molecular flexibility index (Phi) is 5.77. The van der Waals surface area contributed by atoms with Gasteiger partial charge in [0.2, 0.25) is 5.95 Å². The van der Waals surface area contributed by atoms with Crippen molar-refractivity contribution in [2.45, 2.75) is 4.83 Å². The molecule has 1 heterocycles. The molecule has 0 spiro atoms. The largest absolute Gasteiger partial charge is 0.383 e. The number of methoxy groups -OCH3 is 1. The van der Waals surface area contributed by atoms with Gasteiger partial charge in [-0.2, -0.15) is 0 Å². The van der Waals surface area contributed by atoms with Gasteiger partial charge in [0, 0.05) is 36.7 Å². The summed E-state index contributed by atoms with van der Waals surface area (Å²) >= 11 is 5.71. The number of aromatic nitrogens is 2. The summed E-state index contributed by atoms with van der Waals surface area (Å²) in [7, 11) is 3.65. The fourth-order valence-corrected chi connectivity index (χ4v) is 2.09. The molecule has 0 amide bonds. The number of hydrogen-bond donors (Lipinski definition) is 0. The van der Waals surface area contributed by atoms with E-state index in [1.807, 2.05) is 11.9 Å². The van der Waals surface area contributed by atoms with Crippen molar-refractivity contribution in [3.05, 3.63) is 16.0 Å². The van der Waals surface area contributed by atoms with Gasteiger partial charge in [0.15, 0.2) is 0 Å². The lowest BCUT2D eigenvalue weighted by molar-refractivity contribution is 0.201. The monoisotopic (exact) mass is 385 g/mol. The van der Waals surface area contributed by atoms with Gasteiger partial charge < -0.3 is 9.64 Å². The van der Waals surface area contributed by atoms with Gasteiger partial charge in [-0.25, -0.2) is 9.97 Å². The Morgan fingerprint density at radius 1 is 1.53 bits per heavy atom. The molecular formula is C9H13BrIN3O. The first-order valence-corrected chi connectivity index (χ1v) is 6.44. The molecule has 0 N–H and O–H groups in total. The molecule has 1 rings (SSSR count). The standard InChI is InChI=1S/C9H13BrIN3O/c1-14(5-7(10)6-15-2)9-12-3-8(11)4-13-9/h3-4,7H,5-6H2,1-2H3. The minimum atomic E-state index is 0.287. The minimum Gasteiger partial charge on any atom is -0.383 e. The van der Waals surface area contributed by atoms with E-state index in [0.717, 1.165) is 16.1 Å². The maximum absolute atomic E-state index is 5.04. The van der Waals surface area contributed by atoms with E-state index in [1.54, 1.807) is 19.5 Å². The van der Waals surface area contributed by atoms with Crippen LogP contribution in [0.1, 0.15) is 0 Å². The van der Waals surface area contributed by atoms with Gasteiger partial charge in [0.05, 0.1) is 11.4 Å². The number of anilines is 1. The van der Waals surface area contributed by atoms with Gasteiger partial charge in [-0.1, -0.05) is 15.9 Å². The molecule has 4 nitrogen and oxygen atoms in total. The van der Waals surface area contributed by atoms with Crippen LogP contribution in [0.25, 0.3) is 0 Å². The number of nitrogens with zero attached hydrogens (tertiary/aromatic N) is 3. The lowest BCUT2D eigenvalue weighted by Crippen LogP contribution is -2.29. The molecule has 0 aromatic carbocycles. The fraction of sp³-hybridized carbons (Fsp3) is 0.556. The summed E-state index contributed by atoms with van der Waals surface area (Å²) in [5.41, 5.74) is 0. The van der Waals surface area contributed by atoms with Crippen molar-refractivity contribution in [3.63, 3.8) is 0 Å². The number of ether oxygens (including phenoxy) is 1. The Morgan fingerprint density at radius 3 is 2.67 bits per heavy atom. The van der Waals surface area contributed by atoms with E-state index in [9.17, 15) is 0 Å². The predicted octanol–water partition coefficient (Wildman–Crippen LogP) is 1.93. The number of alkyl halides is 1. The molecule has 0 aliphatic carbocycles. The second kappa shape index (κ2) is 6.59. The van der Waals surface area contributed by atoms with Crippen molar-refractivity contribution in [1.29, 1.82) is 0 Å². The summed E-state index contributed by atoms with van der Waals surface area (Å²) < 4.78 is 6.08. The molecule has 6 heteroatoms. The molecule has 0 saturated carbocycles. The number of hydrogen-bond acceptors (Lipinski definition) is 4. The van der Waals surface area contributed by atoms with E-state index in [4.69, 9.17) is 4.74 Å². The molecule has 0 aliphatic rings. The van der Waals surface area contributed by atoms with Crippen LogP contribution in [0.4, 0.5) is 5.95 Å². The van der Waals surface area contributed by atoms with Crippen LogP contribution in [0.2, 0.25) is 0 Å². The summed E-state index contributed by atoms with van der Waals surface area (Å²) in [6.07, 6.45) is 3.61. The predicted molar refractivity (Wildman–Crippen MR) is 72.6 cm³/mol. The SMILES string of the molecule is COCC(Br)CN(C)c1ncc(I)cn1. The highest BCUT2D eigenvalue weighted by molar-refractivity contribution is 14.1. The first kappa shape index (κ1) is 13.1. The van der Waals surface area contributed by atoms with Crippen LogP contribution in [0.15, 0.2) is 12.4 Å². The van der Waals surface area contributed by atoms with Crippen LogP contribution < -0.4 is 4.90 Å². The maximum Gasteiger partial charge on any atom is 0.225 e. The summed E-state index contributed by atoms with van der Waals surface area (Å²) in [4.78, 5) is 10.8. The van der Waals surface area contributed by atoms with Gasteiger partial charge in [-0.3, -0.25) is 0 Å². The maximum atomic E-state index is 5.04. The lowest BCUT2D eigenvalue weighted by Gasteiger charge is -2.19. The Labute approximate surface area is 112 Å². The zero-order valence-electron chi connectivity index (χ0n) is 8.65. The highest BCUT2D eigenvalue weighted by Crippen LogP contribution is 2.09. The fourth-order valence-electron chi connectivity index (χ4n) is 1.11. The third-order valence-corrected chi connectivity index (χ3v) is 2.88. The van der Waals surface area contributed by atoms with Crippen LogP contribution in [-0.4, -0.2) is 42.1 Å². The van der Waals surface area contributed by atoms with Crippen LogP contribution in [0, 0.1) is 3.57 Å². The molecule has 0 radical (unpaired) electrons. The molecule has 1 aromatic rings. The number of halogens is 2. The van der Waals surface area contributed by atoms with Crippen molar-refractivity contribution in [3.8, 4) is 0 Å². The summed E-state index contributed by atoms with van der Waals surface area (Å²) in [6, 6.07) is 0. The van der Waals surface area contributed by atoms with Gasteiger partial charge in [-0.15, -0.1) is 0 Å². The topological polar surface area (TPSA) is 38.2 Å². The Morgan fingerprint density at radius 2 is 2.13 bits per heavy atom. The summed E-state index contributed by atoms with van der Waals surface area (Å²) in [5, 5.41) is 0. The summed E-state index contributed by atoms with van der Waals surface area (Å²) in [5.74, 6) is 0.732. The molecule has 1 unspecified atom stereocenters. The Hall–Kier alpha value is 0.0500. The third kappa shape index (κ3) is 4.60. The second-order valence-corrected chi connectivity index (χ2v) is 5.68. The van der Waals surface area contributed by atoms with Gasteiger partial charge in [-0.05, 0) is 22.6 Å². The van der Waals surface area contributed by atoms with Gasteiger partial charge in [0.1, 0.15) is 0 Å². The van der Waals surface area contributed by atoms with E-state index in [2.05, 4.69) is 48.5 Å². The first-order chi connectivity index (χ1) is 7.13. The van der Waals surface area contributed by atoms with Crippen LogP contribution in [-0.2, 0) is 4.74 Å². The van der Waals surface area contributed by atoms with E-state index >= 15 is 0 Å². The van der Waals surface area contributed by atoms with Crippen molar-refractivity contribution < 1.29 is 4.74 Å². The molecular weight excluding hydrogens is 373 g/mol. The average molecular weight is 386 g/mol. The number of rotatable bonds is 5. The molecule has 84 valence electrons. The molecule has 15 heavy (non-hydrogen) atoms. The Balaban J connectivity index is 2.53. The average Bonchev–Trinajstić information content (AvgIpc) is 2.18. The summed E-state index contributed by atoms with van der Waals surface area (Å²) in [6.45, 7) is 1.49. The zero-order valence-corrected chi connectivity index (χ0v) is 12.4. The normalized spacial score (nSPS) is 12.5. The van der Waals surface area contributed by atoms with Crippen LogP contribution in [0.5, 0.6) is 0 Å². The second-order valence-electron chi connectivity index (χ2n) is 3.13. The highest BCUT2D eigenvalue weighted by atomic mass is 127. The molecule has 0 fully saturated rings. The van der Waals surface area contributed by atoms with Crippen LogP contribution in [0.3, 0.4) is 0 Å². The van der Waals surface area contributed by atoms with E-state index in [0.29, 0.717) is 6.61 Å². The van der Waals surface area contributed by atoms with E-state index < -0.39 is 0 Å².